The van der Waals surface area contributed by atoms with Gasteiger partial charge in [-0.05, 0) is 44.8 Å². The van der Waals surface area contributed by atoms with Crippen LogP contribution in [-0.2, 0) is 4.79 Å². The summed E-state index contributed by atoms with van der Waals surface area (Å²) < 4.78 is 0. The minimum Gasteiger partial charge on any atom is -0.369 e. The number of rotatable bonds is 3. The number of likely N-dealkylation sites (tertiary alicyclic amines) is 1. The van der Waals surface area contributed by atoms with E-state index in [1.807, 2.05) is 0 Å². The minimum atomic E-state index is -0.122. The third-order valence-electron chi connectivity index (χ3n) is 3.65. The zero-order valence-corrected chi connectivity index (χ0v) is 9.24. The first-order chi connectivity index (χ1) is 7.25. The van der Waals surface area contributed by atoms with Gasteiger partial charge >= 0.3 is 0 Å². The highest BCUT2D eigenvalue weighted by atomic mass is 16.1. The Bertz CT molecular complexity index is 226. The molecule has 0 saturated carbocycles. The fourth-order valence-corrected chi connectivity index (χ4v) is 2.66. The SMILES string of the molecule is NC(=O)C1CCN(CC2CCNCC2)C1. The van der Waals surface area contributed by atoms with Crippen molar-refractivity contribution in [2.24, 2.45) is 17.6 Å². The topological polar surface area (TPSA) is 58.4 Å². The molecular weight excluding hydrogens is 190 g/mol. The Labute approximate surface area is 91.2 Å². The highest BCUT2D eigenvalue weighted by Gasteiger charge is 2.28. The Morgan fingerprint density at radius 1 is 1.33 bits per heavy atom. The molecule has 2 aliphatic rings. The average Bonchev–Trinajstić information content (AvgIpc) is 2.68. The number of hydrogen-bond acceptors (Lipinski definition) is 3. The van der Waals surface area contributed by atoms with E-state index in [4.69, 9.17) is 5.73 Å². The summed E-state index contributed by atoms with van der Waals surface area (Å²) in [6.45, 7) is 5.40. The second kappa shape index (κ2) is 4.94. The lowest BCUT2D eigenvalue weighted by Crippen LogP contribution is -2.36. The van der Waals surface area contributed by atoms with Gasteiger partial charge in [0.1, 0.15) is 0 Å². The smallest absolute Gasteiger partial charge is 0.221 e. The van der Waals surface area contributed by atoms with E-state index in [2.05, 4.69) is 10.2 Å². The first-order valence-corrected chi connectivity index (χ1v) is 5.98. The maximum atomic E-state index is 11.0. The van der Waals surface area contributed by atoms with Crippen molar-refractivity contribution < 1.29 is 4.79 Å². The van der Waals surface area contributed by atoms with E-state index in [1.54, 1.807) is 0 Å². The van der Waals surface area contributed by atoms with E-state index < -0.39 is 0 Å². The third-order valence-corrected chi connectivity index (χ3v) is 3.65. The van der Waals surface area contributed by atoms with Crippen LogP contribution in [0.25, 0.3) is 0 Å². The second-order valence-electron chi connectivity index (χ2n) is 4.84. The van der Waals surface area contributed by atoms with E-state index in [0.717, 1.165) is 45.1 Å². The van der Waals surface area contributed by atoms with Crippen LogP contribution < -0.4 is 11.1 Å². The van der Waals surface area contributed by atoms with Crippen molar-refractivity contribution in [3.05, 3.63) is 0 Å². The number of nitrogens with zero attached hydrogens (tertiary/aromatic N) is 1. The standard InChI is InChI=1S/C11H21N3O/c12-11(15)10-3-6-14(8-10)7-9-1-4-13-5-2-9/h9-10,13H,1-8H2,(H2,12,15). The summed E-state index contributed by atoms with van der Waals surface area (Å²) in [5.74, 6) is 0.799. The molecular formula is C11H21N3O. The van der Waals surface area contributed by atoms with E-state index in [-0.39, 0.29) is 11.8 Å². The predicted molar refractivity (Wildman–Crippen MR) is 59.3 cm³/mol. The molecule has 2 fully saturated rings. The molecule has 2 heterocycles. The van der Waals surface area contributed by atoms with E-state index >= 15 is 0 Å². The number of primary amides is 1. The molecule has 86 valence electrons. The quantitative estimate of drug-likeness (QED) is 0.679. The molecule has 4 heteroatoms. The Morgan fingerprint density at radius 3 is 2.67 bits per heavy atom. The summed E-state index contributed by atoms with van der Waals surface area (Å²) >= 11 is 0. The van der Waals surface area contributed by atoms with Crippen molar-refractivity contribution in [3.8, 4) is 0 Å². The number of amides is 1. The summed E-state index contributed by atoms with van der Waals surface area (Å²) in [4.78, 5) is 13.4. The molecule has 0 spiro atoms. The lowest BCUT2D eigenvalue weighted by molar-refractivity contribution is -0.121. The molecule has 0 aliphatic carbocycles. The number of carbonyl (C=O) groups excluding carboxylic acids is 1. The Kier molecular flexibility index (Phi) is 3.59. The highest BCUT2D eigenvalue weighted by Crippen LogP contribution is 2.20. The van der Waals surface area contributed by atoms with Crippen LogP contribution in [0.3, 0.4) is 0 Å². The van der Waals surface area contributed by atoms with E-state index in [9.17, 15) is 4.79 Å². The van der Waals surface area contributed by atoms with Crippen molar-refractivity contribution in [2.75, 3.05) is 32.7 Å². The lowest BCUT2D eigenvalue weighted by atomic mass is 9.98. The van der Waals surface area contributed by atoms with Crippen LogP contribution in [0.4, 0.5) is 0 Å². The summed E-state index contributed by atoms with van der Waals surface area (Å²) in [6.07, 6.45) is 3.51. The largest absolute Gasteiger partial charge is 0.369 e. The molecule has 0 radical (unpaired) electrons. The molecule has 1 amide bonds. The fraction of sp³-hybridized carbons (Fsp3) is 0.909. The van der Waals surface area contributed by atoms with Crippen LogP contribution in [0.15, 0.2) is 0 Å². The monoisotopic (exact) mass is 211 g/mol. The van der Waals surface area contributed by atoms with E-state index in [1.165, 1.54) is 12.8 Å². The Balaban J connectivity index is 1.74. The number of hydrogen-bond donors (Lipinski definition) is 2. The maximum absolute atomic E-state index is 11.0. The van der Waals surface area contributed by atoms with Gasteiger partial charge in [-0.2, -0.15) is 0 Å². The summed E-state index contributed by atoms with van der Waals surface area (Å²) in [5, 5.41) is 3.37. The van der Waals surface area contributed by atoms with Gasteiger partial charge in [-0.25, -0.2) is 0 Å². The van der Waals surface area contributed by atoms with Gasteiger partial charge < -0.3 is 16.0 Å². The second-order valence-corrected chi connectivity index (χ2v) is 4.84. The molecule has 3 N–H and O–H groups in total. The van der Waals surface area contributed by atoms with Gasteiger partial charge in [0.05, 0.1) is 5.92 Å². The van der Waals surface area contributed by atoms with Crippen molar-refractivity contribution in [3.63, 3.8) is 0 Å². The van der Waals surface area contributed by atoms with Gasteiger partial charge in [0.25, 0.3) is 0 Å². The van der Waals surface area contributed by atoms with Gasteiger partial charge in [0.15, 0.2) is 0 Å². The van der Waals surface area contributed by atoms with Crippen LogP contribution in [0.2, 0.25) is 0 Å². The predicted octanol–water partition coefficient (Wildman–Crippen LogP) is -0.207. The molecule has 0 aromatic carbocycles. The molecule has 0 aromatic heterocycles. The summed E-state index contributed by atoms with van der Waals surface area (Å²) in [5.41, 5.74) is 5.32. The maximum Gasteiger partial charge on any atom is 0.221 e. The van der Waals surface area contributed by atoms with Crippen LogP contribution in [0.5, 0.6) is 0 Å². The van der Waals surface area contributed by atoms with Gasteiger partial charge in [0, 0.05) is 13.1 Å². The summed E-state index contributed by atoms with van der Waals surface area (Å²) in [6, 6.07) is 0. The van der Waals surface area contributed by atoms with Crippen LogP contribution in [-0.4, -0.2) is 43.5 Å². The van der Waals surface area contributed by atoms with Crippen LogP contribution in [0, 0.1) is 11.8 Å². The first kappa shape index (κ1) is 10.9. The number of nitrogens with one attached hydrogen (secondary N) is 1. The zero-order valence-electron chi connectivity index (χ0n) is 9.24. The molecule has 2 rings (SSSR count). The van der Waals surface area contributed by atoms with E-state index in [0.29, 0.717) is 0 Å². The van der Waals surface area contributed by atoms with Crippen LogP contribution in [0.1, 0.15) is 19.3 Å². The minimum absolute atomic E-state index is 0.103. The first-order valence-electron chi connectivity index (χ1n) is 5.98. The van der Waals surface area contributed by atoms with Gasteiger partial charge in [0.2, 0.25) is 5.91 Å². The number of carbonyl (C=O) groups is 1. The molecule has 0 bridgehead atoms. The normalized spacial score (nSPS) is 29.5. The number of nitrogens with two attached hydrogens (primary N) is 1. The van der Waals surface area contributed by atoms with Crippen molar-refractivity contribution in [1.29, 1.82) is 0 Å². The van der Waals surface area contributed by atoms with Crippen molar-refractivity contribution in [1.82, 2.24) is 10.2 Å². The molecule has 2 aliphatic heterocycles. The van der Waals surface area contributed by atoms with Crippen molar-refractivity contribution in [2.45, 2.75) is 19.3 Å². The summed E-state index contributed by atoms with van der Waals surface area (Å²) in [7, 11) is 0. The highest BCUT2D eigenvalue weighted by molar-refractivity contribution is 5.77. The third kappa shape index (κ3) is 2.92. The van der Waals surface area contributed by atoms with Gasteiger partial charge in [-0.3, -0.25) is 4.79 Å². The number of piperidine rings is 1. The zero-order chi connectivity index (χ0) is 10.7. The van der Waals surface area contributed by atoms with Gasteiger partial charge in [-0.15, -0.1) is 0 Å². The van der Waals surface area contributed by atoms with Crippen molar-refractivity contribution >= 4 is 5.91 Å². The fourth-order valence-electron chi connectivity index (χ4n) is 2.66. The molecule has 1 atom stereocenters. The molecule has 0 aromatic rings. The molecule has 4 nitrogen and oxygen atoms in total. The van der Waals surface area contributed by atoms with Crippen LogP contribution >= 0.6 is 0 Å². The van der Waals surface area contributed by atoms with Gasteiger partial charge in [-0.1, -0.05) is 0 Å². The molecule has 15 heavy (non-hydrogen) atoms. The molecule has 2 saturated heterocycles. The lowest BCUT2D eigenvalue weighted by Gasteiger charge is -2.27. The average molecular weight is 211 g/mol. The Hall–Kier alpha value is -0.610. The molecule has 1 unspecified atom stereocenters. The Morgan fingerprint density at radius 2 is 2.07 bits per heavy atom.